The second-order valence-electron chi connectivity index (χ2n) is 25.3. The van der Waals surface area contributed by atoms with Gasteiger partial charge in [0.2, 0.25) is 0 Å². The molecule has 21 heteroatoms. The van der Waals surface area contributed by atoms with E-state index in [9.17, 15) is 38.1 Å². The van der Waals surface area contributed by atoms with Gasteiger partial charge in [0, 0.05) is 25.7 Å². The Morgan fingerprint density at radius 1 is 0.323 bits per heavy atom. The van der Waals surface area contributed by atoms with Crippen LogP contribution in [0, 0.1) is 0 Å². The highest BCUT2D eigenvalue weighted by atomic mass is 31.2. The average molecular weight is 1370 g/mol. The van der Waals surface area contributed by atoms with Crippen LogP contribution in [0.3, 0.4) is 0 Å². The fourth-order valence-corrected chi connectivity index (χ4v) is 12.3. The van der Waals surface area contributed by atoms with Gasteiger partial charge in [-0.15, -0.1) is 0 Å². The average Bonchev–Trinajstić information content (AvgIpc) is 2.34. The highest BCUT2D eigenvalue weighted by Gasteiger charge is 2.31. The molecule has 0 amide bonds. The van der Waals surface area contributed by atoms with Crippen LogP contribution in [-0.2, 0) is 76.7 Å². The van der Waals surface area contributed by atoms with Gasteiger partial charge in [-0.3, -0.25) is 37.3 Å². The van der Waals surface area contributed by atoms with Crippen molar-refractivity contribution in [2.24, 2.45) is 0 Å². The zero-order chi connectivity index (χ0) is 66.4. The van der Waals surface area contributed by atoms with E-state index < -0.39 is 97.5 Å². The van der Waals surface area contributed by atoms with E-state index in [2.05, 4.69) is 27.7 Å². The van der Waals surface area contributed by atoms with E-state index in [4.69, 9.17) is 41.8 Å². The molecule has 4 atom stereocenters. The summed E-state index contributed by atoms with van der Waals surface area (Å²) in [5, 5.41) is 0. The third-order valence-electron chi connectivity index (χ3n) is 16.4. The summed E-state index contributed by atoms with van der Waals surface area (Å²) in [5.41, 5.74) is 0.714. The van der Waals surface area contributed by atoms with Crippen molar-refractivity contribution >= 4 is 39.5 Å². The quantitative estimate of drug-likeness (QED) is 0.0204. The van der Waals surface area contributed by atoms with Crippen LogP contribution in [0.4, 0.5) is 0 Å². The maximum atomic E-state index is 13.5. The molecule has 1 rings (SSSR count). The predicted octanol–water partition coefficient (Wildman–Crippen LogP) is 20.9. The molecule has 0 spiro atoms. The van der Waals surface area contributed by atoms with Gasteiger partial charge in [-0.1, -0.05) is 315 Å². The SMILES string of the molecule is CCCCCCCCCCCCCC(=O)OC[C@H](COP(=O)(O)OCC(COP(=O)(O)OC[C@@H](COC(=O)CCCCCCCCCCCCC)OC(=O)CCCCCCCCCCCCC)OCc1ccccc1)OC(=O)CCCCCCCCCCCCC.N.N. The standard InChI is InChI=1S/C72H132O17P2.2H3N/c1-5-9-13-17-21-25-29-33-37-41-48-54-69(73)82-59-67(88-71(75)56-50-43-39-35-31-27-23-19-15-11-7-3)63-86-90(77,78)84-61-66(81-58-65-52-46-45-47-53-65)62-85-91(79,80)87-64-68(89-72(76)57-51-44-40-36-32-28-24-20-16-12-8-4)60-83-70(74)55-49-42-38-34-30-26-22-18-14-10-6-2;;/h45-47,52-53,66-68H,5-44,48-51,54-64H2,1-4H3,(H,77,78)(H,79,80);2*1H3/t67-,68-;;/m1../s1. The molecule has 548 valence electrons. The second kappa shape index (κ2) is 66.4. The van der Waals surface area contributed by atoms with Crippen molar-refractivity contribution in [3.8, 4) is 0 Å². The van der Waals surface area contributed by atoms with Crippen LogP contribution in [0.25, 0.3) is 0 Å². The van der Waals surface area contributed by atoms with Crippen molar-refractivity contribution < 1.29 is 79.9 Å². The molecule has 0 bridgehead atoms. The summed E-state index contributed by atoms with van der Waals surface area (Å²) in [6.45, 7) is 5.38. The van der Waals surface area contributed by atoms with Gasteiger partial charge >= 0.3 is 39.5 Å². The zero-order valence-electron chi connectivity index (χ0n) is 59.3. The Bertz CT molecular complexity index is 1840. The highest BCUT2D eigenvalue weighted by Crippen LogP contribution is 2.46. The number of phosphoric ester groups is 2. The number of unbranched alkanes of at least 4 members (excludes halogenated alkanes) is 40. The number of phosphoric acid groups is 2. The van der Waals surface area contributed by atoms with E-state index in [0.29, 0.717) is 31.2 Å². The fourth-order valence-electron chi connectivity index (χ4n) is 10.7. The summed E-state index contributed by atoms with van der Waals surface area (Å²) in [6, 6.07) is 8.97. The number of ether oxygens (including phenoxy) is 5. The monoisotopic (exact) mass is 1360 g/mol. The van der Waals surface area contributed by atoms with Crippen LogP contribution in [-0.4, -0.2) is 91.6 Å². The molecule has 0 saturated carbocycles. The number of hydrogen-bond acceptors (Lipinski definition) is 17. The number of hydrogen-bond donors (Lipinski definition) is 4. The molecule has 0 aliphatic rings. The normalized spacial score (nSPS) is 13.6. The van der Waals surface area contributed by atoms with Crippen LogP contribution >= 0.6 is 15.6 Å². The van der Waals surface area contributed by atoms with Gasteiger partial charge in [-0.25, -0.2) is 9.13 Å². The molecule has 0 aliphatic carbocycles. The topological polar surface area (TPSA) is 296 Å². The van der Waals surface area contributed by atoms with Gasteiger partial charge in [0.15, 0.2) is 12.2 Å². The molecule has 0 saturated heterocycles. The minimum atomic E-state index is -4.96. The van der Waals surface area contributed by atoms with Crippen LogP contribution in [0.1, 0.15) is 341 Å². The van der Waals surface area contributed by atoms with Gasteiger partial charge in [0.05, 0.1) is 33.0 Å². The first kappa shape index (κ1) is 92.3. The lowest BCUT2D eigenvalue weighted by atomic mass is 10.1. The third-order valence-corrected chi connectivity index (χ3v) is 18.3. The van der Waals surface area contributed by atoms with Crippen LogP contribution in [0.5, 0.6) is 0 Å². The van der Waals surface area contributed by atoms with E-state index in [1.807, 2.05) is 6.07 Å². The predicted molar refractivity (Wildman–Crippen MR) is 375 cm³/mol. The Morgan fingerprint density at radius 2 is 0.548 bits per heavy atom. The summed E-state index contributed by atoms with van der Waals surface area (Å²) in [6.07, 6.45) is 46.2. The lowest BCUT2D eigenvalue weighted by Crippen LogP contribution is -2.30. The van der Waals surface area contributed by atoms with Crippen molar-refractivity contribution in [3.05, 3.63) is 35.9 Å². The lowest BCUT2D eigenvalue weighted by Gasteiger charge is -2.23. The Morgan fingerprint density at radius 3 is 0.806 bits per heavy atom. The van der Waals surface area contributed by atoms with E-state index in [1.54, 1.807) is 24.3 Å². The number of benzene rings is 1. The molecule has 2 unspecified atom stereocenters. The third kappa shape index (κ3) is 62.5. The fraction of sp³-hybridized carbons (Fsp3) is 0.861. The molecule has 8 N–H and O–H groups in total. The zero-order valence-corrected chi connectivity index (χ0v) is 61.1. The smallest absolute Gasteiger partial charge is 0.462 e. The van der Waals surface area contributed by atoms with Crippen molar-refractivity contribution in [2.45, 2.75) is 361 Å². The Balaban J connectivity index is 0. The maximum Gasteiger partial charge on any atom is 0.472 e. The van der Waals surface area contributed by atoms with Gasteiger partial charge in [0.1, 0.15) is 19.3 Å². The summed E-state index contributed by atoms with van der Waals surface area (Å²) in [7, 11) is -9.92. The van der Waals surface area contributed by atoms with E-state index >= 15 is 0 Å². The first-order chi connectivity index (χ1) is 44.2. The molecule has 1 aromatic rings. The molecular weight excluding hydrogens is 1230 g/mol. The van der Waals surface area contributed by atoms with Gasteiger partial charge < -0.3 is 45.8 Å². The Kier molecular flexibility index (Phi) is 65.9. The van der Waals surface area contributed by atoms with E-state index in [1.165, 1.54) is 167 Å². The summed E-state index contributed by atoms with van der Waals surface area (Å²) in [4.78, 5) is 73.9. The molecule has 1 aromatic carbocycles. The molecule has 0 heterocycles. The highest BCUT2D eigenvalue weighted by molar-refractivity contribution is 7.47. The van der Waals surface area contributed by atoms with Crippen molar-refractivity contribution in [1.82, 2.24) is 12.3 Å². The summed E-state index contributed by atoms with van der Waals surface area (Å²) >= 11 is 0. The molecule has 0 radical (unpaired) electrons. The molecule has 0 aromatic heterocycles. The van der Waals surface area contributed by atoms with Gasteiger partial charge in [0.25, 0.3) is 0 Å². The first-order valence-corrected chi connectivity index (χ1v) is 39.8. The largest absolute Gasteiger partial charge is 0.472 e. The van der Waals surface area contributed by atoms with Crippen molar-refractivity contribution in [3.63, 3.8) is 0 Å². The summed E-state index contributed by atoms with van der Waals surface area (Å²) < 4.78 is 76.7. The molecule has 93 heavy (non-hydrogen) atoms. The minimum Gasteiger partial charge on any atom is -0.462 e. The number of carbonyl (C=O) groups excluding carboxylic acids is 4. The molecule has 0 fully saturated rings. The lowest BCUT2D eigenvalue weighted by molar-refractivity contribution is -0.161. The number of carbonyl (C=O) groups is 4. The van der Waals surface area contributed by atoms with Gasteiger partial charge in [-0.05, 0) is 31.2 Å². The molecular formula is C72H138N2O17P2. The van der Waals surface area contributed by atoms with E-state index in [-0.39, 0.29) is 44.6 Å². The first-order valence-electron chi connectivity index (χ1n) is 36.8. The number of esters is 4. The van der Waals surface area contributed by atoms with Crippen molar-refractivity contribution in [1.29, 1.82) is 0 Å². The van der Waals surface area contributed by atoms with Crippen LogP contribution in [0.2, 0.25) is 0 Å². The molecule has 0 aliphatic heterocycles. The van der Waals surface area contributed by atoms with Crippen molar-refractivity contribution in [2.75, 3.05) is 39.6 Å². The minimum absolute atomic E-state index is 0. The van der Waals surface area contributed by atoms with Gasteiger partial charge in [-0.2, -0.15) is 0 Å². The molecule has 19 nitrogen and oxygen atoms in total. The second-order valence-corrected chi connectivity index (χ2v) is 28.2. The Hall–Kier alpha value is -2.80. The Labute approximate surface area is 565 Å². The van der Waals surface area contributed by atoms with Crippen LogP contribution in [0.15, 0.2) is 30.3 Å². The summed E-state index contributed by atoms with van der Waals surface area (Å²) in [5.74, 6) is -2.06. The van der Waals surface area contributed by atoms with Crippen LogP contribution < -0.4 is 12.3 Å². The number of rotatable bonds is 69. The maximum absolute atomic E-state index is 13.5. The van der Waals surface area contributed by atoms with E-state index in [0.717, 1.165) is 89.9 Å².